The van der Waals surface area contributed by atoms with Gasteiger partial charge in [-0.15, -0.1) is 0 Å². The summed E-state index contributed by atoms with van der Waals surface area (Å²) in [6, 6.07) is 16.1. The predicted molar refractivity (Wildman–Crippen MR) is 68.9 cm³/mol. The largest absolute Gasteiger partial charge is 0.399 e. The summed E-state index contributed by atoms with van der Waals surface area (Å²) < 4.78 is 0. The highest BCUT2D eigenvalue weighted by Gasteiger charge is 2.08. The van der Waals surface area contributed by atoms with Gasteiger partial charge in [-0.2, -0.15) is 0 Å². The number of benzene rings is 2. The topological polar surface area (TPSA) is 52.0 Å². The lowest BCUT2D eigenvalue weighted by atomic mass is 9.95. The van der Waals surface area contributed by atoms with Gasteiger partial charge >= 0.3 is 0 Å². The highest BCUT2D eigenvalue weighted by Crippen LogP contribution is 2.28. The van der Waals surface area contributed by atoms with E-state index in [1.54, 1.807) is 0 Å². The molecule has 2 aromatic rings. The number of nitrogen functional groups attached to an aromatic ring is 1. The minimum atomic E-state index is -0.0151. The van der Waals surface area contributed by atoms with Crippen LogP contribution < -0.4 is 11.5 Å². The smallest absolute Gasteiger partial charge is 0.0317 e. The van der Waals surface area contributed by atoms with Gasteiger partial charge in [-0.1, -0.05) is 36.4 Å². The van der Waals surface area contributed by atoms with E-state index in [1.807, 2.05) is 43.3 Å². The maximum absolute atomic E-state index is 5.97. The number of hydrogen-bond donors (Lipinski definition) is 2. The van der Waals surface area contributed by atoms with Crippen LogP contribution in [0.3, 0.4) is 0 Å². The SMILES string of the molecule is C[C@@H](N)c1cc(N)ccc1-c1ccccc1. The molecule has 0 saturated heterocycles. The minimum Gasteiger partial charge on any atom is -0.399 e. The Morgan fingerprint density at radius 2 is 1.69 bits per heavy atom. The van der Waals surface area contributed by atoms with Gasteiger partial charge in [-0.3, -0.25) is 0 Å². The highest BCUT2D eigenvalue weighted by molar-refractivity contribution is 5.70. The fourth-order valence-corrected chi connectivity index (χ4v) is 1.84. The Morgan fingerprint density at radius 3 is 2.31 bits per heavy atom. The van der Waals surface area contributed by atoms with Gasteiger partial charge in [0.05, 0.1) is 0 Å². The molecule has 2 heteroatoms. The third kappa shape index (κ3) is 2.07. The maximum Gasteiger partial charge on any atom is 0.0317 e. The van der Waals surface area contributed by atoms with Gasteiger partial charge in [0, 0.05) is 11.7 Å². The quantitative estimate of drug-likeness (QED) is 0.752. The van der Waals surface area contributed by atoms with Crippen molar-refractivity contribution < 1.29 is 0 Å². The van der Waals surface area contributed by atoms with Crippen molar-refractivity contribution >= 4 is 5.69 Å². The van der Waals surface area contributed by atoms with Crippen LogP contribution in [0.25, 0.3) is 11.1 Å². The molecule has 0 aliphatic heterocycles. The van der Waals surface area contributed by atoms with Crippen molar-refractivity contribution in [2.75, 3.05) is 5.73 Å². The fraction of sp³-hybridized carbons (Fsp3) is 0.143. The van der Waals surface area contributed by atoms with Crippen LogP contribution in [0.15, 0.2) is 48.5 Å². The fourth-order valence-electron chi connectivity index (χ4n) is 1.84. The first-order chi connectivity index (χ1) is 7.68. The Morgan fingerprint density at radius 1 is 1.00 bits per heavy atom. The summed E-state index contributed by atoms with van der Waals surface area (Å²) in [4.78, 5) is 0. The van der Waals surface area contributed by atoms with Gasteiger partial charge in [-0.25, -0.2) is 0 Å². The predicted octanol–water partition coefficient (Wildman–Crippen LogP) is 2.96. The van der Waals surface area contributed by atoms with E-state index in [0.29, 0.717) is 0 Å². The van der Waals surface area contributed by atoms with Crippen molar-refractivity contribution in [1.29, 1.82) is 0 Å². The van der Waals surface area contributed by atoms with Gasteiger partial charge in [0.25, 0.3) is 0 Å². The molecule has 0 aliphatic rings. The van der Waals surface area contributed by atoms with Gasteiger partial charge in [0.15, 0.2) is 0 Å². The monoisotopic (exact) mass is 212 g/mol. The van der Waals surface area contributed by atoms with Gasteiger partial charge in [0.2, 0.25) is 0 Å². The third-order valence-corrected chi connectivity index (χ3v) is 2.65. The van der Waals surface area contributed by atoms with Crippen molar-refractivity contribution in [2.24, 2.45) is 5.73 Å². The standard InChI is InChI=1S/C14H16N2/c1-10(15)14-9-12(16)7-8-13(14)11-5-3-2-4-6-11/h2-10H,15-16H2,1H3/t10-/m1/s1. The van der Waals surface area contributed by atoms with Crippen LogP contribution in [0.2, 0.25) is 0 Å². The van der Waals surface area contributed by atoms with Gasteiger partial charge in [-0.05, 0) is 35.7 Å². The van der Waals surface area contributed by atoms with Gasteiger partial charge < -0.3 is 11.5 Å². The molecule has 0 heterocycles. The van der Waals surface area contributed by atoms with Crippen LogP contribution in [0.4, 0.5) is 5.69 Å². The zero-order valence-electron chi connectivity index (χ0n) is 9.35. The van der Waals surface area contributed by atoms with E-state index in [1.165, 1.54) is 5.56 Å². The lowest BCUT2D eigenvalue weighted by Crippen LogP contribution is -2.07. The van der Waals surface area contributed by atoms with Crippen LogP contribution in [0, 0.1) is 0 Å². The van der Waals surface area contributed by atoms with Crippen molar-refractivity contribution in [3.63, 3.8) is 0 Å². The van der Waals surface area contributed by atoms with E-state index in [9.17, 15) is 0 Å². The maximum atomic E-state index is 5.97. The lowest BCUT2D eigenvalue weighted by molar-refractivity contribution is 0.821. The van der Waals surface area contributed by atoms with Gasteiger partial charge in [0.1, 0.15) is 0 Å². The summed E-state index contributed by atoms with van der Waals surface area (Å²) in [5.74, 6) is 0. The second-order valence-electron chi connectivity index (χ2n) is 4.00. The second kappa shape index (κ2) is 4.37. The van der Waals surface area contributed by atoms with Crippen LogP contribution in [-0.4, -0.2) is 0 Å². The molecular formula is C14H16N2. The third-order valence-electron chi connectivity index (χ3n) is 2.65. The zero-order valence-corrected chi connectivity index (χ0v) is 9.35. The number of nitrogens with two attached hydrogens (primary N) is 2. The summed E-state index contributed by atoms with van der Waals surface area (Å²) in [5.41, 5.74) is 15.9. The molecule has 0 spiro atoms. The van der Waals surface area contributed by atoms with E-state index in [-0.39, 0.29) is 6.04 Å². The lowest BCUT2D eigenvalue weighted by Gasteiger charge is -2.13. The molecule has 0 saturated carbocycles. The van der Waals surface area contributed by atoms with Crippen molar-refractivity contribution in [1.82, 2.24) is 0 Å². The molecule has 0 radical (unpaired) electrons. The summed E-state index contributed by atoms with van der Waals surface area (Å²) >= 11 is 0. The highest BCUT2D eigenvalue weighted by atomic mass is 14.6. The van der Waals surface area contributed by atoms with Crippen molar-refractivity contribution in [3.8, 4) is 11.1 Å². The van der Waals surface area contributed by atoms with E-state index in [4.69, 9.17) is 11.5 Å². The summed E-state index contributed by atoms with van der Waals surface area (Å²) in [5, 5.41) is 0. The number of anilines is 1. The molecular weight excluding hydrogens is 196 g/mol. The van der Waals surface area contributed by atoms with Crippen LogP contribution in [0.1, 0.15) is 18.5 Å². The Kier molecular flexibility index (Phi) is 2.93. The zero-order chi connectivity index (χ0) is 11.5. The summed E-state index contributed by atoms with van der Waals surface area (Å²) in [6.07, 6.45) is 0. The molecule has 82 valence electrons. The molecule has 0 bridgehead atoms. The van der Waals surface area contributed by atoms with Crippen molar-refractivity contribution in [2.45, 2.75) is 13.0 Å². The molecule has 2 rings (SSSR count). The van der Waals surface area contributed by atoms with E-state index in [0.717, 1.165) is 16.8 Å². The first-order valence-corrected chi connectivity index (χ1v) is 5.39. The first-order valence-electron chi connectivity index (χ1n) is 5.39. The minimum absolute atomic E-state index is 0.0151. The number of hydrogen-bond acceptors (Lipinski definition) is 2. The molecule has 0 aromatic heterocycles. The molecule has 16 heavy (non-hydrogen) atoms. The molecule has 1 atom stereocenters. The van der Waals surface area contributed by atoms with Crippen LogP contribution >= 0.6 is 0 Å². The Bertz CT molecular complexity index is 475. The summed E-state index contributed by atoms with van der Waals surface area (Å²) in [6.45, 7) is 1.97. The number of rotatable bonds is 2. The second-order valence-corrected chi connectivity index (χ2v) is 4.00. The van der Waals surface area contributed by atoms with E-state index < -0.39 is 0 Å². The molecule has 2 nitrogen and oxygen atoms in total. The first kappa shape index (κ1) is 10.7. The molecule has 4 N–H and O–H groups in total. The normalized spacial score (nSPS) is 12.4. The molecule has 0 unspecified atom stereocenters. The van der Waals surface area contributed by atoms with Crippen LogP contribution in [0.5, 0.6) is 0 Å². The van der Waals surface area contributed by atoms with E-state index >= 15 is 0 Å². The van der Waals surface area contributed by atoms with Crippen LogP contribution in [-0.2, 0) is 0 Å². The molecule has 2 aromatic carbocycles. The molecule has 0 aliphatic carbocycles. The molecule has 0 fully saturated rings. The Balaban J connectivity index is 2.57. The average molecular weight is 212 g/mol. The average Bonchev–Trinajstić information content (AvgIpc) is 2.30. The molecule has 0 amide bonds. The Labute approximate surface area is 95.9 Å². The van der Waals surface area contributed by atoms with E-state index in [2.05, 4.69) is 12.1 Å². The summed E-state index contributed by atoms with van der Waals surface area (Å²) in [7, 11) is 0. The Hall–Kier alpha value is -1.80. The van der Waals surface area contributed by atoms with Crippen molar-refractivity contribution in [3.05, 3.63) is 54.1 Å².